The number of Topliss-reactive ketones (excluding diaryl/α,β-unsaturated/α-hetero) is 1. The summed E-state index contributed by atoms with van der Waals surface area (Å²) in [6.07, 6.45) is 0.938. The van der Waals surface area contributed by atoms with E-state index in [2.05, 4.69) is 4.98 Å². The summed E-state index contributed by atoms with van der Waals surface area (Å²) in [6.45, 7) is 3.95. The van der Waals surface area contributed by atoms with Crippen molar-refractivity contribution in [3.8, 4) is 0 Å². The monoisotopic (exact) mass is 391 g/mol. The Morgan fingerprint density at radius 2 is 1.76 bits per heavy atom. The number of nitrogens with one attached hydrogen (secondary N) is 1. The van der Waals surface area contributed by atoms with Crippen molar-refractivity contribution in [2.24, 2.45) is 0 Å². The van der Waals surface area contributed by atoms with Crippen LogP contribution in [0.25, 0.3) is 0 Å². The summed E-state index contributed by atoms with van der Waals surface area (Å²) in [5.41, 5.74) is 5.27. The van der Waals surface area contributed by atoms with Crippen LogP contribution in [-0.2, 0) is 17.8 Å². The van der Waals surface area contributed by atoms with E-state index in [4.69, 9.17) is 4.74 Å². The maximum atomic E-state index is 13.2. The highest BCUT2D eigenvalue weighted by Crippen LogP contribution is 2.35. The summed E-state index contributed by atoms with van der Waals surface area (Å²) in [5.74, 6) is -0.813. The topological polar surface area (TPSA) is 59.2 Å². The summed E-state index contributed by atoms with van der Waals surface area (Å²) in [5, 5.41) is 0. The number of rotatable bonds is 4. The van der Waals surface area contributed by atoms with E-state index in [1.165, 1.54) is 12.1 Å². The number of fused-ring (bicyclic) bond motifs is 1. The van der Waals surface area contributed by atoms with E-state index in [0.29, 0.717) is 29.7 Å². The average Bonchev–Trinajstić information content (AvgIpc) is 3.05. The summed E-state index contributed by atoms with van der Waals surface area (Å²) in [7, 11) is 0. The number of aromatic nitrogens is 1. The number of ketones is 1. The Morgan fingerprint density at radius 1 is 1.07 bits per heavy atom. The molecule has 4 nitrogen and oxygen atoms in total. The van der Waals surface area contributed by atoms with Gasteiger partial charge in [-0.05, 0) is 55.0 Å². The van der Waals surface area contributed by atoms with Crippen molar-refractivity contribution >= 4 is 11.8 Å². The standard InChI is InChI=1S/C24H22FNO3/c1-14-3-5-16(6-4-14)13-29-24(28)23-15(2)22-20(26-23)11-18(12-21(22)27)17-7-9-19(25)10-8-17/h3-10,18,26H,11-13H2,1-2H3/t18-/m0/s1. The van der Waals surface area contributed by atoms with Gasteiger partial charge >= 0.3 is 5.97 Å². The van der Waals surface area contributed by atoms with Crippen molar-refractivity contribution in [1.29, 1.82) is 0 Å². The lowest BCUT2D eigenvalue weighted by Gasteiger charge is -2.22. The van der Waals surface area contributed by atoms with Crippen LogP contribution in [0.2, 0.25) is 0 Å². The quantitative estimate of drug-likeness (QED) is 0.634. The second-order valence-electron chi connectivity index (χ2n) is 7.62. The summed E-state index contributed by atoms with van der Waals surface area (Å²) in [6, 6.07) is 14.0. The largest absolute Gasteiger partial charge is 0.456 e. The number of H-pyrrole nitrogens is 1. The molecule has 29 heavy (non-hydrogen) atoms. The molecule has 0 amide bonds. The Bertz CT molecular complexity index is 1060. The Labute approximate surface area is 168 Å². The zero-order valence-corrected chi connectivity index (χ0v) is 16.4. The van der Waals surface area contributed by atoms with Gasteiger partial charge in [0.05, 0.1) is 0 Å². The van der Waals surface area contributed by atoms with Crippen LogP contribution in [-0.4, -0.2) is 16.7 Å². The first-order valence-electron chi connectivity index (χ1n) is 9.65. The molecule has 0 bridgehead atoms. The Balaban J connectivity index is 1.53. The molecule has 0 aliphatic heterocycles. The average molecular weight is 391 g/mol. The smallest absolute Gasteiger partial charge is 0.355 e. The minimum absolute atomic E-state index is 0.00749. The molecule has 0 unspecified atom stereocenters. The molecule has 0 radical (unpaired) electrons. The molecular weight excluding hydrogens is 369 g/mol. The van der Waals surface area contributed by atoms with E-state index >= 15 is 0 Å². The first kappa shape index (κ1) is 19.1. The third kappa shape index (κ3) is 3.86. The summed E-state index contributed by atoms with van der Waals surface area (Å²) >= 11 is 0. The number of aromatic amines is 1. The number of carbonyl (C=O) groups excluding carboxylic acids is 2. The second-order valence-corrected chi connectivity index (χ2v) is 7.62. The number of hydrogen-bond acceptors (Lipinski definition) is 3. The molecule has 1 aliphatic carbocycles. The van der Waals surface area contributed by atoms with Crippen LogP contribution < -0.4 is 0 Å². The van der Waals surface area contributed by atoms with Crippen LogP contribution in [0.5, 0.6) is 0 Å². The molecule has 5 heteroatoms. The van der Waals surface area contributed by atoms with E-state index in [0.717, 1.165) is 22.4 Å². The molecule has 4 rings (SSSR count). The van der Waals surface area contributed by atoms with Crippen LogP contribution in [0.4, 0.5) is 4.39 Å². The Kier molecular flexibility index (Phi) is 5.05. The highest BCUT2D eigenvalue weighted by Gasteiger charge is 2.32. The van der Waals surface area contributed by atoms with Crippen LogP contribution in [0, 0.1) is 19.7 Å². The van der Waals surface area contributed by atoms with Crippen molar-refractivity contribution in [1.82, 2.24) is 4.98 Å². The molecule has 3 aromatic rings. The van der Waals surface area contributed by atoms with Gasteiger partial charge in [-0.25, -0.2) is 9.18 Å². The fraction of sp³-hybridized carbons (Fsp3) is 0.250. The van der Waals surface area contributed by atoms with Gasteiger partial charge in [0.15, 0.2) is 5.78 Å². The molecule has 1 atom stereocenters. The molecule has 1 heterocycles. The van der Waals surface area contributed by atoms with E-state index in [-0.39, 0.29) is 24.1 Å². The van der Waals surface area contributed by atoms with E-state index in [1.807, 2.05) is 31.2 Å². The lowest BCUT2D eigenvalue weighted by molar-refractivity contribution is 0.0465. The molecule has 1 aliphatic rings. The van der Waals surface area contributed by atoms with Gasteiger partial charge in [0.25, 0.3) is 0 Å². The van der Waals surface area contributed by atoms with Crippen molar-refractivity contribution in [3.05, 3.63) is 93.6 Å². The van der Waals surface area contributed by atoms with Gasteiger partial charge in [-0.3, -0.25) is 4.79 Å². The molecule has 1 N–H and O–H groups in total. The first-order valence-corrected chi connectivity index (χ1v) is 9.65. The lowest BCUT2D eigenvalue weighted by Crippen LogP contribution is -2.18. The van der Waals surface area contributed by atoms with Crippen LogP contribution in [0.15, 0.2) is 48.5 Å². The van der Waals surface area contributed by atoms with Gasteiger partial charge in [0.2, 0.25) is 0 Å². The maximum Gasteiger partial charge on any atom is 0.355 e. The highest BCUT2D eigenvalue weighted by molar-refractivity contribution is 6.03. The molecule has 0 spiro atoms. The van der Waals surface area contributed by atoms with E-state index < -0.39 is 5.97 Å². The number of hydrogen-bond donors (Lipinski definition) is 1. The van der Waals surface area contributed by atoms with Crippen LogP contribution >= 0.6 is 0 Å². The van der Waals surface area contributed by atoms with Crippen LogP contribution in [0.1, 0.15) is 61.1 Å². The summed E-state index contributed by atoms with van der Waals surface area (Å²) in [4.78, 5) is 28.5. The minimum Gasteiger partial charge on any atom is -0.456 e. The zero-order chi connectivity index (χ0) is 20.5. The van der Waals surface area contributed by atoms with Gasteiger partial charge < -0.3 is 9.72 Å². The zero-order valence-electron chi connectivity index (χ0n) is 16.4. The first-order chi connectivity index (χ1) is 13.9. The Hall–Kier alpha value is -3.21. The van der Waals surface area contributed by atoms with Gasteiger partial charge in [0, 0.05) is 17.7 Å². The van der Waals surface area contributed by atoms with E-state index in [1.54, 1.807) is 19.1 Å². The second kappa shape index (κ2) is 7.66. The number of halogens is 1. The van der Waals surface area contributed by atoms with Crippen molar-refractivity contribution in [2.75, 3.05) is 0 Å². The molecule has 0 saturated heterocycles. The number of esters is 1. The number of ether oxygens (including phenoxy) is 1. The fourth-order valence-electron chi connectivity index (χ4n) is 3.91. The van der Waals surface area contributed by atoms with Crippen LogP contribution in [0.3, 0.4) is 0 Å². The molecule has 0 fully saturated rings. The molecule has 2 aromatic carbocycles. The number of carbonyl (C=O) groups is 2. The van der Waals surface area contributed by atoms with Crippen molar-refractivity contribution in [2.45, 2.75) is 39.2 Å². The minimum atomic E-state index is -0.469. The fourth-order valence-corrected chi connectivity index (χ4v) is 3.91. The number of benzene rings is 2. The maximum absolute atomic E-state index is 13.2. The van der Waals surface area contributed by atoms with Gasteiger partial charge in [-0.2, -0.15) is 0 Å². The highest BCUT2D eigenvalue weighted by atomic mass is 19.1. The van der Waals surface area contributed by atoms with Gasteiger partial charge in [0.1, 0.15) is 18.1 Å². The van der Waals surface area contributed by atoms with Gasteiger partial charge in [-0.1, -0.05) is 42.0 Å². The third-order valence-electron chi connectivity index (χ3n) is 5.52. The molecule has 0 saturated carbocycles. The predicted molar refractivity (Wildman–Crippen MR) is 108 cm³/mol. The molecular formula is C24H22FNO3. The van der Waals surface area contributed by atoms with Gasteiger partial charge in [-0.15, -0.1) is 0 Å². The normalized spacial score (nSPS) is 15.8. The van der Waals surface area contributed by atoms with Crippen molar-refractivity contribution < 1.29 is 18.7 Å². The Morgan fingerprint density at radius 3 is 2.45 bits per heavy atom. The summed E-state index contributed by atoms with van der Waals surface area (Å²) < 4.78 is 18.7. The van der Waals surface area contributed by atoms with Crippen molar-refractivity contribution in [3.63, 3.8) is 0 Å². The number of aryl methyl sites for hydroxylation is 1. The predicted octanol–water partition coefficient (Wildman–Crippen LogP) is 5.04. The molecule has 1 aromatic heterocycles. The molecule has 148 valence electrons. The van der Waals surface area contributed by atoms with E-state index in [9.17, 15) is 14.0 Å². The lowest BCUT2D eigenvalue weighted by atomic mass is 9.81. The third-order valence-corrected chi connectivity index (χ3v) is 5.52. The SMILES string of the molecule is Cc1ccc(COC(=O)c2[nH]c3c(c2C)C(=O)C[C@@H](c2ccc(F)cc2)C3)cc1.